The lowest BCUT2D eigenvalue weighted by Crippen LogP contribution is -2.25. The number of primary amides is 1. The Morgan fingerprint density at radius 2 is 2.26 bits per heavy atom. The zero-order chi connectivity index (χ0) is 14.4. The van der Waals surface area contributed by atoms with E-state index >= 15 is 0 Å². The largest absolute Gasteiger partial charge is 0.487 e. The first-order chi connectivity index (χ1) is 8.95. The first-order valence-electron chi connectivity index (χ1n) is 5.47. The maximum absolute atomic E-state index is 10.9. The Labute approximate surface area is 109 Å². The van der Waals surface area contributed by atoms with Gasteiger partial charge in [-0.25, -0.2) is 10.2 Å². The Balaban J connectivity index is 3.11. The molecule has 0 radical (unpaired) electrons. The molecule has 0 saturated heterocycles. The van der Waals surface area contributed by atoms with E-state index in [-0.39, 0.29) is 11.4 Å². The molecule has 0 aliphatic rings. The minimum Gasteiger partial charge on any atom is -0.487 e. The Kier molecular flexibility index (Phi) is 4.81. The number of urea groups is 1. The number of carbonyl (C=O) groups is 1. The van der Waals surface area contributed by atoms with E-state index < -0.39 is 11.0 Å². The number of nitrogens with one attached hydrogen (secondary N) is 1. The lowest BCUT2D eigenvalue weighted by molar-refractivity contribution is -0.385. The molecular formula is C11H14N4O4. The molecule has 0 aliphatic carbocycles. The van der Waals surface area contributed by atoms with E-state index in [1.165, 1.54) is 12.1 Å². The van der Waals surface area contributed by atoms with Crippen molar-refractivity contribution in [1.82, 2.24) is 5.43 Å². The monoisotopic (exact) mass is 266 g/mol. The molecule has 8 heteroatoms. The normalized spacial score (nSPS) is 10.9. The lowest BCUT2D eigenvalue weighted by Gasteiger charge is -2.06. The van der Waals surface area contributed by atoms with E-state index in [1.807, 2.05) is 0 Å². The zero-order valence-corrected chi connectivity index (χ0v) is 10.5. The van der Waals surface area contributed by atoms with Gasteiger partial charge in [0.15, 0.2) is 5.75 Å². The van der Waals surface area contributed by atoms with Crippen LogP contribution in [0.2, 0.25) is 0 Å². The molecular weight excluding hydrogens is 252 g/mol. The number of amides is 2. The molecule has 8 nitrogen and oxygen atoms in total. The summed E-state index contributed by atoms with van der Waals surface area (Å²) in [6.07, 6.45) is 0. The van der Waals surface area contributed by atoms with E-state index in [0.717, 1.165) is 0 Å². The van der Waals surface area contributed by atoms with Crippen molar-refractivity contribution in [3.63, 3.8) is 0 Å². The molecule has 0 unspecified atom stereocenters. The number of rotatable bonds is 5. The molecule has 0 spiro atoms. The van der Waals surface area contributed by atoms with Crippen molar-refractivity contribution in [1.29, 1.82) is 0 Å². The maximum atomic E-state index is 10.9. The summed E-state index contributed by atoms with van der Waals surface area (Å²) in [6, 6.07) is 3.62. The Morgan fingerprint density at radius 1 is 1.58 bits per heavy atom. The maximum Gasteiger partial charge on any atom is 0.332 e. The highest BCUT2D eigenvalue weighted by atomic mass is 16.6. The first kappa shape index (κ1) is 14.4. The van der Waals surface area contributed by atoms with Crippen molar-refractivity contribution in [2.24, 2.45) is 10.8 Å². The summed E-state index contributed by atoms with van der Waals surface area (Å²) >= 11 is 0. The first-order valence-corrected chi connectivity index (χ1v) is 5.47. The van der Waals surface area contributed by atoms with Crippen molar-refractivity contribution in [2.45, 2.75) is 13.8 Å². The van der Waals surface area contributed by atoms with Gasteiger partial charge in [-0.1, -0.05) is 0 Å². The molecule has 0 fully saturated rings. The van der Waals surface area contributed by atoms with Crippen LogP contribution < -0.4 is 15.9 Å². The summed E-state index contributed by atoms with van der Waals surface area (Å²) in [5, 5.41) is 14.6. The topological polar surface area (TPSA) is 120 Å². The van der Waals surface area contributed by atoms with Gasteiger partial charge >= 0.3 is 11.7 Å². The molecule has 1 aromatic carbocycles. The molecule has 3 N–H and O–H groups in total. The highest BCUT2D eigenvalue weighted by Gasteiger charge is 2.16. The van der Waals surface area contributed by atoms with Gasteiger partial charge in [0.05, 0.1) is 17.2 Å². The number of nitrogens with zero attached hydrogens (tertiary/aromatic N) is 2. The predicted molar refractivity (Wildman–Crippen MR) is 69.2 cm³/mol. The summed E-state index contributed by atoms with van der Waals surface area (Å²) in [5.74, 6) is 0.187. The van der Waals surface area contributed by atoms with Gasteiger partial charge in [0, 0.05) is 11.6 Å². The van der Waals surface area contributed by atoms with Gasteiger partial charge in [0.1, 0.15) is 0 Å². The van der Waals surface area contributed by atoms with Crippen LogP contribution in [0.1, 0.15) is 19.4 Å². The van der Waals surface area contributed by atoms with Crippen LogP contribution in [0.15, 0.2) is 23.3 Å². The van der Waals surface area contributed by atoms with Gasteiger partial charge in [0.2, 0.25) is 0 Å². The van der Waals surface area contributed by atoms with Crippen molar-refractivity contribution >= 4 is 17.4 Å². The van der Waals surface area contributed by atoms with Crippen LogP contribution in [0.3, 0.4) is 0 Å². The smallest absolute Gasteiger partial charge is 0.332 e. The third kappa shape index (κ3) is 3.95. The molecule has 0 atom stereocenters. The summed E-state index contributed by atoms with van der Waals surface area (Å²) in [5.41, 5.74) is 7.66. The number of carbonyl (C=O) groups excluding carboxylic acids is 1. The number of nitrogens with two attached hydrogens (primary N) is 1. The molecule has 0 heterocycles. The second kappa shape index (κ2) is 6.34. The van der Waals surface area contributed by atoms with Crippen molar-refractivity contribution in [3.05, 3.63) is 33.9 Å². The SMILES string of the molecule is CCOc1ccc(/C(C)=N/NC(N)=O)cc1[N+](=O)[O-]. The highest BCUT2D eigenvalue weighted by molar-refractivity contribution is 5.99. The van der Waals surface area contributed by atoms with Crippen LogP contribution in [-0.2, 0) is 0 Å². The fourth-order valence-electron chi connectivity index (χ4n) is 1.37. The average molecular weight is 266 g/mol. The number of nitro groups is 1. The predicted octanol–water partition coefficient (Wildman–Crippen LogP) is 1.39. The molecule has 0 bridgehead atoms. The summed E-state index contributed by atoms with van der Waals surface area (Å²) in [4.78, 5) is 20.9. The number of benzene rings is 1. The van der Waals surface area contributed by atoms with E-state index in [4.69, 9.17) is 10.5 Å². The number of hydrazone groups is 1. The Morgan fingerprint density at radius 3 is 2.79 bits per heavy atom. The number of ether oxygens (including phenoxy) is 1. The minimum atomic E-state index is -0.806. The van der Waals surface area contributed by atoms with Crippen LogP contribution >= 0.6 is 0 Å². The van der Waals surface area contributed by atoms with Crippen molar-refractivity contribution in [2.75, 3.05) is 6.61 Å². The van der Waals surface area contributed by atoms with Crippen molar-refractivity contribution in [3.8, 4) is 5.75 Å². The third-order valence-electron chi connectivity index (χ3n) is 2.21. The molecule has 2 amide bonds. The zero-order valence-electron chi connectivity index (χ0n) is 10.5. The lowest BCUT2D eigenvalue weighted by atomic mass is 10.1. The molecule has 0 aromatic heterocycles. The second-order valence-corrected chi connectivity index (χ2v) is 3.55. The Hall–Kier alpha value is -2.64. The van der Waals surface area contributed by atoms with Crippen LogP contribution in [0.5, 0.6) is 5.75 Å². The minimum absolute atomic E-state index is 0.159. The Bertz CT molecular complexity index is 527. The second-order valence-electron chi connectivity index (χ2n) is 3.55. The van der Waals surface area contributed by atoms with Crippen LogP contribution in [0.25, 0.3) is 0 Å². The van der Waals surface area contributed by atoms with Crippen LogP contribution in [0.4, 0.5) is 10.5 Å². The van der Waals surface area contributed by atoms with Gasteiger partial charge in [-0.15, -0.1) is 0 Å². The van der Waals surface area contributed by atoms with E-state index in [1.54, 1.807) is 19.9 Å². The number of nitro benzene ring substituents is 1. The van der Waals surface area contributed by atoms with E-state index in [2.05, 4.69) is 10.5 Å². The molecule has 0 saturated carbocycles. The van der Waals surface area contributed by atoms with Gasteiger partial charge in [0.25, 0.3) is 0 Å². The van der Waals surface area contributed by atoms with Gasteiger partial charge in [-0.3, -0.25) is 10.1 Å². The molecule has 102 valence electrons. The number of hydrogen-bond acceptors (Lipinski definition) is 5. The van der Waals surface area contributed by atoms with Gasteiger partial charge < -0.3 is 10.5 Å². The quantitative estimate of drug-likeness (QED) is 0.475. The summed E-state index contributed by atoms with van der Waals surface area (Å²) in [7, 11) is 0. The fraction of sp³-hybridized carbons (Fsp3) is 0.273. The highest BCUT2D eigenvalue weighted by Crippen LogP contribution is 2.28. The third-order valence-corrected chi connectivity index (χ3v) is 2.21. The van der Waals surface area contributed by atoms with E-state index in [0.29, 0.717) is 17.9 Å². The molecule has 1 rings (SSSR count). The van der Waals surface area contributed by atoms with E-state index in [9.17, 15) is 14.9 Å². The van der Waals surface area contributed by atoms with Crippen LogP contribution in [0, 0.1) is 10.1 Å². The molecule has 0 aliphatic heterocycles. The summed E-state index contributed by atoms with van der Waals surface area (Å²) in [6.45, 7) is 3.66. The number of hydrogen-bond donors (Lipinski definition) is 2. The van der Waals surface area contributed by atoms with Crippen molar-refractivity contribution < 1.29 is 14.5 Å². The summed E-state index contributed by atoms with van der Waals surface area (Å²) < 4.78 is 5.16. The molecule has 19 heavy (non-hydrogen) atoms. The van der Waals surface area contributed by atoms with Gasteiger partial charge in [-0.05, 0) is 26.0 Å². The van der Waals surface area contributed by atoms with Crippen LogP contribution in [-0.4, -0.2) is 23.3 Å². The fourth-order valence-corrected chi connectivity index (χ4v) is 1.37. The standard InChI is InChI=1S/C11H14N4O4/c1-3-19-10-5-4-8(6-9(10)15(17)18)7(2)13-14-11(12)16/h4-6H,3H2,1-2H3,(H3,12,14,16)/b13-7+. The average Bonchev–Trinajstić information content (AvgIpc) is 2.36. The molecule has 1 aromatic rings. The van der Waals surface area contributed by atoms with Gasteiger partial charge in [-0.2, -0.15) is 5.10 Å².